The summed E-state index contributed by atoms with van der Waals surface area (Å²) >= 11 is 5.40. The summed E-state index contributed by atoms with van der Waals surface area (Å²) in [6, 6.07) is 15.9. The minimum Gasteiger partial charge on any atom is -0.329 e. The monoisotopic (exact) mass is 265 g/mol. The van der Waals surface area contributed by atoms with Gasteiger partial charge in [0.25, 0.3) is 0 Å². The Morgan fingerprint density at radius 1 is 1.16 bits per heavy atom. The Morgan fingerprint density at radius 2 is 1.95 bits per heavy atom. The summed E-state index contributed by atoms with van der Waals surface area (Å²) in [7, 11) is 0. The molecule has 0 unspecified atom stereocenters. The zero-order valence-electron chi connectivity index (χ0n) is 10.3. The SMILES string of the molecule is Cc1ccccc1-n1c(=S)[nH]c2c(C#N)cccc21. The van der Waals surface area contributed by atoms with E-state index in [9.17, 15) is 0 Å². The predicted octanol–water partition coefficient (Wildman–Crippen LogP) is 3.87. The maximum absolute atomic E-state index is 9.15. The molecule has 92 valence electrons. The second kappa shape index (κ2) is 4.38. The lowest BCUT2D eigenvalue weighted by molar-refractivity contribution is 1.05. The van der Waals surface area contributed by atoms with Crippen molar-refractivity contribution in [2.75, 3.05) is 0 Å². The number of aromatic nitrogens is 2. The first-order valence-electron chi connectivity index (χ1n) is 5.92. The molecule has 0 saturated carbocycles. The lowest BCUT2D eigenvalue weighted by Gasteiger charge is -2.07. The van der Waals surface area contributed by atoms with Gasteiger partial charge in [-0.1, -0.05) is 24.3 Å². The van der Waals surface area contributed by atoms with Crippen molar-refractivity contribution in [1.29, 1.82) is 5.26 Å². The van der Waals surface area contributed by atoms with Crippen molar-refractivity contribution in [3.05, 3.63) is 58.4 Å². The van der Waals surface area contributed by atoms with E-state index in [1.807, 2.05) is 47.9 Å². The average Bonchev–Trinajstić information content (AvgIpc) is 2.75. The standard InChI is InChI=1S/C15H11N3S/c1-10-5-2-3-7-12(10)18-13-8-4-6-11(9-16)14(13)17-15(18)19/h2-8H,1H3,(H,17,19). The van der Waals surface area contributed by atoms with Gasteiger partial charge in [-0.15, -0.1) is 0 Å². The molecule has 0 aliphatic heterocycles. The summed E-state index contributed by atoms with van der Waals surface area (Å²) in [5, 5.41) is 9.15. The number of benzene rings is 2. The van der Waals surface area contributed by atoms with E-state index in [1.54, 1.807) is 6.07 Å². The number of aromatic amines is 1. The van der Waals surface area contributed by atoms with Crippen LogP contribution >= 0.6 is 12.2 Å². The highest BCUT2D eigenvalue weighted by atomic mass is 32.1. The van der Waals surface area contributed by atoms with Crippen LogP contribution in [0.15, 0.2) is 42.5 Å². The topological polar surface area (TPSA) is 44.5 Å². The lowest BCUT2D eigenvalue weighted by atomic mass is 10.1. The lowest BCUT2D eigenvalue weighted by Crippen LogP contribution is -1.96. The van der Waals surface area contributed by atoms with E-state index in [2.05, 4.69) is 11.1 Å². The average molecular weight is 265 g/mol. The van der Waals surface area contributed by atoms with E-state index in [-0.39, 0.29) is 0 Å². The number of nitrogens with zero attached hydrogens (tertiary/aromatic N) is 2. The molecule has 0 saturated heterocycles. The second-order valence-electron chi connectivity index (χ2n) is 4.36. The Bertz CT molecular complexity index is 865. The van der Waals surface area contributed by atoms with Crippen LogP contribution in [0.5, 0.6) is 0 Å². The number of nitriles is 1. The van der Waals surface area contributed by atoms with E-state index < -0.39 is 0 Å². The van der Waals surface area contributed by atoms with E-state index >= 15 is 0 Å². The molecule has 3 rings (SSSR count). The van der Waals surface area contributed by atoms with Gasteiger partial charge in [-0.3, -0.25) is 4.57 Å². The van der Waals surface area contributed by atoms with Crippen LogP contribution in [-0.2, 0) is 0 Å². The molecule has 0 amide bonds. The van der Waals surface area contributed by atoms with Crippen LogP contribution in [0.25, 0.3) is 16.7 Å². The number of rotatable bonds is 1. The summed E-state index contributed by atoms with van der Waals surface area (Å²) in [5.74, 6) is 0. The van der Waals surface area contributed by atoms with Gasteiger partial charge < -0.3 is 4.98 Å². The van der Waals surface area contributed by atoms with Crippen molar-refractivity contribution in [3.8, 4) is 11.8 Å². The summed E-state index contributed by atoms with van der Waals surface area (Å²) in [5.41, 5.74) is 4.50. The number of aryl methyl sites for hydroxylation is 1. The van der Waals surface area contributed by atoms with E-state index in [0.717, 1.165) is 22.3 Å². The van der Waals surface area contributed by atoms with Crippen molar-refractivity contribution in [3.63, 3.8) is 0 Å². The van der Waals surface area contributed by atoms with Crippen LogP contribution in [0.2, 0.25) is 0 Å². The Balaban J connectivity index is 2.44. The number of hydrogen-bond donors (Lipinski definition) is 1. The van der Waals surface area contributed by atoms with Gasteiger partial charge >= 0.3 is 0 Å². The largest absolute Gasteiger partial charge is 0.329 e. The summed E-state index contributed by atoms with van der Waals surface area (Å²) < 4.78 is 2.58. The Morgan fingerprint density at radius 3 is 2.68 bits per heavy atom. The number of hydrogen-bond acceptors (Lipinski definition) is 2. The summed E-state index contributed by atoms with van der Waals surface area (Å²) in [6.45, 7) is 2.05. The molecule has 0 spiro atoms. The number of para-hydroxylation sites is 2. The number of imidazole rings is 1. The third kappa shape index (κ3) is 1.76. The molecule has 1 heterocycles. The maximum atomic E-state index is 9.15. The molecule has 0 aliphatic carbocycles. The van der Waals surface area contributed by atoms with Crippen LogP contribution < -0.4 is 0 Å². The Labute approximate surface area is 115 Å². The molecule has 2 aromatic carbocycles. The highest BCUT2D eigenvalue weighted by molar-refractivity contribution is 7.71. The molecule has 0 atom stereocenters. The van der Waals surface area contributed by atoms with E-state index in [1.165, 1.54) is 0 Å². The zero-order valence-corrected chi connectivity index (χ0v) is 11.2. The molecular formula is C15H11N3S. The van der Waals surface area contributed by atoms with E-state index in [4.69, 9.17) is 17.5 Å². The van der Waals surface area contributed by atoms with Gasteiger partial charge in [-0.2, -0.15) is 5.26 Å². The van der Waals surface area contributed by atoms with Crippen LogP contribution in [0.4, 0.5) is 0 Å². The molecule has 0 bridgehead atoms. The maximum Gasteiger partial charge on any atom is 0.182 e. The number of fused-ring (bicyclic) bond motifs is 1. The van der Waals surface area contributed by atoms with Gasteiger partial charge in [0.2, 0.25) is 0 Å². The molecular weight excluding hydrogens is 254 g/mol. The fourth-order valence-electron chi connectivity index (χ4n) is 2.28. The van der Waals surface area contributed by atoms with Crippen molar-refractivity contribution < 1.29 is 0 Å². The van der Waals surface area contributed by atoms with Crippen LogP contribution in [-0.4, -0.2) is 9.55 Å². The zero-order chi connectivity index (χ0) is 13.4. The predicted molar refractivity (Wildman–Crippen MR) is 77.9 cm³/mol. The molecule has 0 aliphatic rings. The quantitative estimate of drug-likeness (QED) is 0.679. The van der Waals surface area contributed by atoms with Crippen LogP contribution in [0.3, 0.4) is 0 Å². The molecule has 4 heteroatoms. The molecule has 1 N–H and O–H groups in total. The number of nitrogens with one attached hydrogen (secondary N) is 1. The van der Waals surface area contributed by atoms with Crippen molar-refractivity contribution in [2.24, 2.45) is 0 Å². The highest BCUT2D eigenvalue weighted by Crippen LogP contribution is 2.23. The van der Waals surface area contributed by atoms with Crippen molar-refractivity contribution in [2.45, 2.75) is 6.92 Å². The highest BCUT2D eigenvalue weighted by Gasteiger charge is 2.10. The smallest absolute Gasteiger partial charge is 0.182 e. The first kappa shape index (κ1) is 11.7. The van der Waals surface area contributed by atoms with Crippen molar-refractivity contribution >= 4 is 23.3 Å². The molecule has 1 aromatic heterocycles. The third-order valence-corrected chi connectivity index (χ3v) is 3.48. The summed E-state index contributed by atoms with van der Waals surface area (Å²) in [4.78, 5) is 3.13. The first-order valence-corrected chi connectivity index (χ1v) is 6.33. The van der Waals surface area contributed by atoms with Crippen LogP contribution in [0.1, 0.15) is 11.1 Å². The molecule has 19 heavy (non-hydrogen) atoms. The third-order valence-electron chi connectivity index (χ3n) is 3.20. The number of H-pyrrole nitrogens is 1. The van der Waals surface area contributed by atoms with Gasteiger partial charge in [0, 0.05) is 0 Å². The fourth-order valence-corrected chi connectivity index (χ4v) is 2.58. The van der Waals surface area contributed by atoms with Gasteiger partial charge in [-0.25, -0.2) is 0 Å². The van der Waals surface area contributed by atoms with Gasteiger partial charge in [0.1, 0.15) is 6.07 Å². The van der Waals surface area contributed by atoms with Gasteiger partial charge in [0.05, 0.1) is 22.3 Å². The normalized spacial score (nSPS) is 10.5. The first-order chi connectivity index (χ1) is 9.22. The minimum atomic E-state index is 0.604. The molecule has 0 radical (unpaired) electrons. The Kier molecular flexibility index (Phi) is 2.69. The summed E-state index contributed by atoms with van der Waals surface area (Å²) in [6.07, 6.45) is 0. The molecule has 3 nitrogen and oxygen atoms in total. The van der Waals surface area contributed by atoms with Gasteiger partial charge in [-0.05, 0) is 42.9 Å². The molecule has 0 fully saturated rings. The van der Waals surface area contributed by atoms with E-state index in [0.29, 0.717) is 10.3 Å². The van der Waals surface area contributed by atoms with Gasteiger partial charge in [0.15, 0.2) is 4.77 Å². The Hall–Kier alpha value is -2.38. The van der Waals surface area contributed by atoms with Crippen LogP contribution in [0, 0.1) is 23.0 Å². The second-order valence-corrected chi connectivity index (χ2v) is 4.75. The fraction of sp³-hybridized carbons (Fsp3) is 0.0667. The molecule has 3 aromatic rings. The minimum absolute atomic E-state index is 0.604. The van der Waals surface area contributed by atoms with Crippen molar-refractivity contribution in [1.82, 2.24) is 9.55 Å².